The minimum Gasteiger partial charge on any atom is -0.378 e. The van der Waals surface area contributed by atoms with Crippen LogP contribution in [0.15, 0.2) is 6.07 Å². The van der Waals surface area contributed by atoms with Gasteiger partial charge in [0.1, 0.15) is 6.10 Å². The van der Waals surface area contributed by atoms with Gasteiger partial charge >= 0.3 is 0 Å². The van der Waals surface area contributed by atoms with E-state index >= 15 is 0 Å². The number of thiophene rings is 1. The summed E-state index contributed by atoms with van der Waals surface area (Å²) in [5.41, 5.74) is 0.797. The first kappa shape index (κ1) is 17.3. The van der Waals surface area contributed by atoms with Crippen molar-refractivity contribution < 1.29 is 14.3 Å². The molecule has 130 valence electrons. The summed E-state index contributed by atoms with van der Waals surface area (Å²) in [5.74, 6) is 0.689. The second-order valence-corrected chi connectivity index (χ2v) is 6.91. The van der Waals surface area contributed by atoms with E-state index in [-0.39, 0.29) is 11.2 Å². The van der Waals surface area contributed by atoms with Gasteiger partial charge in [-0.1, -0.05) is 0 Å². The van der Waals surface area contributed by atoms with E-state index in [0.717, 1.165) is 34.0 Å². The minimum atomic E-state index is -0.475. The molecule has 2 aromatic rings. The lowest BCUT2D eigenvalue weighted by atomic mass is 10.3. The zero-order chi connectivity index (χ0) is 17.1. The molecule has 1 fully saturated rings. The van der Waals surface area contributed by atoms with Crippen molar-refractivity contribution in [2.75, 3.05) is 38.3 Å². The number of nitrogens with one attached hydrogen (secondary N) is 1. The predicted molar refractivity (Wildman–Crippen MR) is 93.8 cm³/mol. The van der Waals surface area contributed by atoms with Crippen LogP contribution in [0.25, 0.3) is 10.2 Å². The molecule has 7 nitrogen and oxygen atoms in total. The summed E-state index contributed by atoms with van der Waals surface area (Å²) < 4.78 is 11.4. The molecule has 9 heteroatoms. The third-order valence-electron chi connectivity index (χ3n) is 3.85. The molecule has 0 radical (unpaired) electrons. The van der Waals surface area contributed by atoms with Gasteiger partial charge in [0.2, 0.25) is 11.2 Å². The van der Waals surface area contributed by atoms with Gasteiger partial charge < -0.3 is 19.7 Å². The number of hydrogen-bond donors (Lipinski definition) is 1. The van der Waals surface area contributed by atoms with E-state index in [4.69, 9.17) is 21.1 Å². The summed E-state index contributed by atoms with van der Waals surface area (Å²) in [5, 5.41) is 3.08. The van der Waals surface area contributed by atoms with E-state index in [1.807, 2.05) is 6.07 Å². The molecule has 1 amide bonds. The van der Waals surface area contributed by atoms with Crippen molar-refractivity contribution in [3.8, 4) is 0 Å². The van der Waals surface area contributed by atoms with Crippen LogP contribution in [0.4, 0.5) is 5.82 Å². The lowest BCUT2D eigenvalue weighted by Gasteiger charge is -2.28. The van der Waals surface area contributed by atoms with Crippen molar-refractivity contribution >= 4 is 44.9 Å². The van der Waals surface area contributed by atoms with Gasteiger partial charge in [-0.15, -0.1) is 11.3 Å². The quantitative estimate of drug-likeness (QED) is 0.809. The van der Waals surface area contributed by atoms with Gasteiger partial charge in [-0.25, -0.2) is 4.98 Å². The maximum atomic E-state index is 11.8. The molecule has 0 aliphatic carbocycles. The number of methoxy groups -OCH3 is 1. The molecule has 1 saturated heterocycles. The number of rotatable bonds is 5. The largest absolute Gasteiger partial charge is 0.378 e. The summed E-state index contributed by atoms with van der Waals surface area (Å²) >= 11 is 7.64. The van der Waals surface area contributed by atoms with Crippen LogP contribution >= 0.6 is 22.9 Å². The molecule has 2 aromatic heterocycles. The lowest BCUT2D eigenvalue weighted by Crippen LogP contribution is -2.36. The third kappa shape index (κ3) is 3.77. The smallest absolute Gasteiger partial charge is 0.249 e. The van der Waals surface area contributed by atoms with Crippen molar-refractivity contribution in [1.82, 2.24) is 15.3 Å². The van der Waals surface area contributed by atoms with Gasteiger partial charge in [0, 0.05) is 25.1 Å². The fraction of sp³-hybridized carbons (Fsp3) is 0.533. The van der Waals surface area contributed by atoms with Crippen LogP contribution in [0, 0.1) is 0 Å². The third-order valence-corrected chi connectivity index (χ3v) is 5.14. The highest BCUT2D eigenvalue weighted by Gasteiger charge is 2.19. The fourth-order valence-corrected chi connectivity index (χ4v) is 3.66. The Labute approximate surface area is 148 Å². The molecule has 0 aromatic carbocycles. The zero-order valence-corrected chi connectivity index (χ0v) is 15.1. The summed E-state index contributed by atoms with van der Waals surface area (Å²) in [6, 6.07) is 1.94. The number of aromatic nitrogens is 2. The van der Waals surface area contributed by atoms with Crippen LogP contribution in [-0.2, 0) is 20.8 Å². The van der Waals surface area contributed by atoms with Gasteiger partial charge in [-0.2, -0.15) is 4.98 Å². The van der Waals surface area contributed by atoms with Crippen LogP contribution in [0.3, 0.4) is 0 Å². The van der Waals surface area contributed by atoms with Crippen molar-refractivity contribution in [2.24, 2.45) is 0 Å². The first-order valence-electron chi connectivity index (χ1n) is 7.67. The summed E-state index contributed by atoms with van der Waals surface area (Å²) in [6.45, 7) is 5.03. The Kier molecular flexibility index (Phi) is 5.50. The van der Waals surface area contributed by atoms with Crippen molar-refractivity contribution in [2.45, 2.75) is 19.6 Å². The molecular weight excluding hydrogens is 352 g/mol. The molecular formula is C15H19ClN4O3S. The Bertz CT molecular complexity index is 733. The highest BCUT2D eigenvalue weighted by molar-refractivity contribution is 7.19. The molecule has 1 unspecified atom stereocenters. The molecule has 1 atom stereocenters. The molecule has 0 saturated carbocycles. The normalized spacial score (nSPS) is 16.4. The average Bonchev–Trinajstić information content (AvgIpc) is 3.01. The number of nitrogens with zero attached hydrogens (tertiary/aromatic N) is 3. The number of halogens is 1. The van der Waals surface area contributed by atoms with Crippen LogP contribution in [0.2, 0.25) is 5.28 Å². The Morgan fingerprint density at radius 2 is 2.25 bits per heavy atom. The molecule has 3 heterocycles. The van der Waals surface area contributed by atoms with E-state index in [0.29, 0.717) is 19.8 Å². The standard InChI is InChI=1S/C15H19ClN4O3S/c1-9(22-2)14(21)17-8-10-7-11-12(24-10)13(19-15(16)18-11)20-3-5-23-6-4-20/h7,9H,3-6,8H2,1-2H3,(H,17,21). The average molecular weight is 371 g/mol. The summed E-state index contributed by atoms with van der Waals surface area (Å²) in [7, 11) is 1.51. The summed E-state index contributed by atoms with van der Waals surface area (Å²) in [6.07, 6.45) is -0.475. The van der Waals surface area contributed by atoms with Crippen LogP contribution < -0.4 is 10.2 Å². The number of carbonyl (C=O) groups is 1. The van der Waals surface area contributed by atoms with Crippen LogP contribution in [0.5, 0.6) is 0 Å². The number of amides is 1. The van der Waals surface area contributed by atoms with E-state index in [9.17, 15) is 4.79 Å². The van der Waals surface area contributed by atoms with E-state index in [1.165, 1.54) is 7.11 Å². The zero-order valence-electron chi connectivity index (χ0n) is 13.5. The van der Waals surface area contributed by atoms with Crippen LogP contribution in [-0.4, -0.2) is 55.4 Å². The van der Waals surface area contributed by atoms with Gasteiger partial charge in [-0.3, -0.25) is 4.79 Å². The van der Waals surface area contributed by atoms with E-state index in [1.54, 1.807) is 18.3 Å². The Morgan fingerprint density at radius 3 is 2.96 bits per heavy atom. The van der Waals surface area contributed by atoms with Gasteiger partial charge in [0.05, 0.1) is 30.0 Å². The molecule has 1 aliphatic heterocycles. The second kappa shape index (κ2) is 7.60. The Morgan fingerprint density at radius 1 is 1.50 bits per heavy atom. The van der Waals surface area contributed by atoms with E-state index in [2.05, 4.69) is 20.2 Å². The topological polar surface area (TPSA) is 76.6 Å². The number of carbonyl (C=O) groups excluding carboxylic acids is 1. The monoisotopic (exact) mass is 370 g/mol. The number of hydrogen-bond acceptors (Lipinski definition) is 7. The van der Waals surface area contributed by atoms with Crippen molar-refractivity contribution in [3.05, 3.63) is 16.2 Å². The molecule has 0 bridgehead atoms. The van der Waals surface area contributed by atoms with Gasteiger partial charge in [-0.05, 0) is 24.6 Å². The number of anilines is 1. The molecule has 1 N–H and O–H groups in total. The molecule has 24 heavy (non-hydrogen) atoms. The number of ether oxygens (including phenoxy) is 2. The second-order valence-electron chi connectivity index (χ2n) is 5.44. The lowest BCUT2D eigenvalue weighted by molar-refractivity contribution is -0.130. The number of fused-ring (bicyclic) bond motifs is 1. The Balaban J connectivity index is 1.83. The molecule has 1 aliphatic rings. The summed E-state index contributed by atoms with van der Waals surface area (Å²) in [4.78, 5) is 23.7. The highest BCUT2D eigenvalue weighted by atomic mass is 35.5. The van der Waals surface area contributed by atoms with Crippen molar-refractivity contribution in [1.29, 1.82) is 0 Å². The maximum Gasteiger partial charge on any atom is 0.249 e. The minimum absolute atomic E-state index is 0.146. The van der Waals surface area contributed by atoms with Crippen LogP contribution in [0.1, 0.15) is 11.8 Å². The maximum absolute atomic E-state index is 11.8. The Hall–Kier alpha value is -1.48. The molecule has 0 spiro atoms. The molecule has 3 rings (SSSR count). The highest BCUT2D eigenvalue weighted by Crippen LogP contribution is 2.33. The van der Waals surface area contributed by atoms with Crippen molar-refractivity contribution in [3.63, 3.8) is 0 Å². The SMILES string of the molecule is COC(C)C(=O)NCc1cc2nc(Cl)nc(N3CCOCC3)c2s1. The first-order chi connectivity index (χ1) is 11.6. The van der Waals surface area contributed by atoms with Gasteiger partial charge in [0.15, 0.2) is 5.82 Å². The van der Waals surface area contributed by atoms with E-state index < -0.39 is 6.10 Å². The fourth-order valence-electron chi connectivity index (χ4n) is 2.44. The number of morpholine rings is 1. The predicted octanol–water partition coefficient (Wildman–Crippen LogP) is 1.83. The van der Waals surface area contributed by atoms with Gasteiger partial charge in [0.25, 0.3) is 0 Å². The first-order valence-corrected chi connectivity index (χ1v) is 8.87.